The van der Waals surface area contributed by atoms with Crippen molar-refractivity contribution in [2.24, 2.45) is 0 Å². The Kier molecular flexibility index (Phi) is 6.84. The summed E-state index contributed by atoms with van der Waals surface area (Å²) in [6, 6.07) is 8.02. The van der Waals surface area contributed by atoms with Gasteiger partial charge in [-0.05, 0) is 55.7 Å². The van der Waals surface area contributed by atoms with Gasteiger partial charge in [0, 0.05) is 38.2 Å². The standard InChI is InChI=1S/C23H26N2O5/c1-4-30-18-9-8-16(13-15(18)2)21(26)19-20(17-7-5-10-24-14-17)25(11-6-12-29-3)23(28)22(19)27/h5,7-10,13-14,20,26H,4,6,11-12H2,1-3H3/b21-19-. The van der Waals surface area contributed by atoms with E-state index in [9.17, 15) is 14.7 Å². The minimum atomic E-state index is -0.706. The number of rotatable bonds is 8. The Bertz CT molecular complexity index is 955. The second kappa shape index (κ2) is 9.54. The van der Waals surface area contributed by atoms with Crippen molar-refractivity contribution in [1.82, 2.24) is 9.88 Å². The molecule has 0 saturated carbocycles. The summed E-state index contributed by atoms with van der Waals surface area (Å²) in [6.45, 7) is 5.08. The lowest BCUT2D eigenvalue weighted by atomic mass is 9.95. The molecule has 1 unspecified atom stereocenters. The molecule has 2 aromatic rings. The minimum Gasteiger partial charge on any atom is -0.507 e. The summed E-state index contributed by atoms with van der Waals surface area (Å²) in [4.78, 5) is 31.3. The van der Waals surface area contributed by atoms with Gasteiger partial charge in [0.15, 0.2) is 0 Å². The average Bonchev–Trinajstić information content (AvgIpc) is 3.00. The monoisotopic (exact) mass is 410 g/mol. The first-order valence-electron chi connectivity index (χ1n) is 9.90. The van der Waals surface area contributed by atoms with E-state index in [-0.39, 0.29) is 11.3 Å². The molecule has 1 atom stereocenters. The van der Waals surface area contributed by atoms with Crippen LogP contribution in [0.5, 0.6) is 5.75 Å². The van der Waals surface area contributed by atoms with Gasteiger partial charge in [0.25, 0.3) is 11.7 Å². The van der Waals surface area contributed by atoms with Crippen molar-refractivity contribution in [2.45, 2.75) is 26.3 Å². The van der Waals surface area contributed by atoms with E-state index in [0.717, 1.165) is 5.56 Å². The number of aliphatic hydroxyl groups excluding tert-OH is 1. The molecule has 0 spiro atoms. The Morgan fingerprint density at radius 1 is 1.27 bits per heavy atom. The smallest absolute Gasteiger partial charge is 0.295 e. The number of pyridine rings is 1. The largest absolute Gasteiger partial charge is 0.507 e. The summed E-state index contributed by atoms with van der Waals surface area (Å²) in [6.07, 6.45) is 3.80. The Morgan fingerprint density at radius 3 is 2.70 bits per heavy atom. The predicted molar refractivity (Wildman–Crippen MR) is 112 cm³/mol. The van der Waals surface area contributed by atoms with Crippen LogP contribution in [0.4, 0.5) is 0 Å². The van der Waals surface area contributed by atoms with Gasteiger partial charge in [-0.1, -0.05) is 6.07 Å². The number of carbonyl (C=O) groups is 2. The van der Waals surface area contributed by atoms with E-state index < -0.39 is 17.7 Å². The molecule has 1 N–H and O–H groups in total. The van der Waals surface area contributed by atoms with E-state index >= 15 is 0 Å². The molecule has 7 nitrogen and oxygen atoms in total. The van der Waals surface area contributed by atoms with Crippen molar-refractivity contribution in [1.29, 1.82) is 0 Å². The number of ketones is 1. The SMILES string of the molecule is CCOc1ccc(/C(O)=C2/C(=O)C(=O)N(CCCOC)C2c2cccnc2)cc1C. The Morgan fingerprint density at radius 2 is 2.07 bits per heavy atom. The highest BCUT2D eigenvalue weighted by molar-refractivity contribution is 6.46. The third-order valence-electron chi connectivity index (χ3n) is 5.04. The fourth-order valence-electron chi connectivity index (χ4n) is 3.64. The van der Waals surface area contributed by atoms with Crippen molar-refractivity contribution < 1.29 is 24.2 Å². The van der Waals surface area contributed by atoms with Crippen LogP contribution in [0, 0.1) is 6.92 Å². The van der Waals surface area contributed by atoms with Crippen molar-refractivity contribution in [2.75, 3.05) is 26.9 Å². The number of carbonyl (C=O) groups excluding carboxylic acids is 2. The average molecular weight is 410 g/mol. The highest BCUT2D eigenvalue weighted by atomic mass is 16.5. The first-order chi connectivity index (χ1) is 14.5. The number of aryl methyl sites for hydroxylation is 1. The van der Waals surface area contributed by atoms with E-state index in [1.807, 2.05) is 13.8 Å². The molecule has 0 radical (unpaired) electrons. The molecule has 0 aliphatic carbocycles. The van der Waals surface area contributed by atoms with Gasteiger partial charge in [0.05, 0.1) is 18.2 Å². The third kappa shape index (κ3) is 4.21. The van der Waals surface area contributed by atoms with E-state index in [1.165, 1.54) is 4.90 Å². The van der Waals surface area contributed by atoms with Gasteiger partial charge in [-0.3, -0.25) is 14.6 Å². The van der Waals surface area contributed by atoms with E-state index in [0.29, 0.717) is 43.1 Å². The molecule has 1 aromatic heterocycles. The molecule has 3 rings (SSSR count). The molecule has 1 aromatic carbocycles. The molecule has 30 heavy (non-hydrogen) atoms. The number of amides is 1. The van der Waals surface area contributed by atoms with Gasteiger partial charge in [0.1, 0.15) is 11.5 Å². The van der Waals surface area contributed by atoms with Crippen molar-refractivity contribution in [3.63, 3.8) is 0 Å². The molecule has 0 bridgehead atoms. The molecule has 158 valence electrons. The van der Waals surface area contributed by atoms with Crippen LogP contribution in [0.2, 0.25) is 0 Å². The van der Waals surface area contributed by atoms with Gasteiger partial charge < -0.3 is 19.5 Å². The highest BCUT2D eigenvalue weighted by Crippen LogP contribution is 2.39. The minimum absolute atomic E-state index is 0.0639. The number of benzene rings is 1. The Hall–Kier alpha value is -3.19. The molecule has 1 aliphatic rings. The van der Waals surface area contributed by atoms with Crippen LogP contribution in [0.25, 0.3) is 5.76 Å². The van der Waals surface area contributed by atoms with E-state index in [1.54, 1.807) is 49.8 Å². The van der Waals surface area contributed by atoms with Gasteiger partial charge in [-0.25, -0.2) is 0 Å². The summed E-state index contributed by atoms with van der Waals surface area (Å²) >= 11 is 0. The summed E-state index contributed by atoms with van der Waals surface area (Å²) in [7, 11) is 1.58. The summed E-state index contributed by atoms with van der Waals surface area (Å²) in [5.74, 6) is -0.838. The number of ether oxygens (including phenoxy) is 2. The van der Waals surface area contributed by atoms with Crippen LogP contribution in [0.1, 0.15) is 36.1 Å². The molecule has 1 fully saturated rings. The van der Waals surface area contributed by atoms with Gasteiger partial charge in [-0.15, -0.1) is 0 Å². The number of likely N-dealkylation sites (tertiary alicyclic amines) is 1. The van der Waals surface area contributed by atoms with E-state index in [4.69, 9.17) is 9.47 Å². The molecule has 7 heteroatoms. The van der Waals surface area contributed by atoms with Crippen molar-refractivity contribution in [3.8, 4) is 5.75 Å². The van der Waals surface area contributed by atoms with Crippen molar-refractivity contribution in [3.05, 3.63) is 65.0 Å². The van der Waals surface area contributed by atoms with Crippen LogP contribution >= 0.6 is 0 Å². The number of Topliss-reactive ketones (excluding diaryl/α,β-unsaturated/α-hetero) is 1. The quantitative estimate of drug-likeness (QED) is 0.311. The molecular formula is C23H26N2O5. The van der Waals surface area contributed by atoms with Gasteiger partial charge in [-0.2, -0.15) is 0 Å². The maximum Gasteiger partial charge on any atom is 0.295 e. The number of aliphatic hydroxyl groups is 1. The number of hydrogen-bond acceptors (Lipinski definition) is 6. The van der Waals surface area contributed by atoms with Crippen LogP contribution in [-0.2, 0) is 14.3 Å². The number of aromatic nitrogens is 1. The maximum absolute atomic E-state index is 12.9. The summed E-state index contributed by atoms with van der Waals surface area (Å²) in [5.41, 5.74) is 2.01. The molecule has 2 heterocycles. The second-order valence-electron chi connectivity index (χ2n) is 7.04. The zero-order valence-corrected chi connectivity index (χ0v) is 17.4. The zero-order valence-electron chi connectivity index (χ0n) is 17.4. The van der Waals surface area contributed by atoms with Crippen LogP contribution in [-0.4, -0.2) is 53.5 Å². The number of hydrogen-bond donors (Lipinski definition) is 1. The van der Waals surface area contributed by atoms with Crippen LogP contribution in [0.15, 0.2) is 48.3 Å². The summed E-state index contributed by atoms with van der Waals surface area (Å²) in [5, 5.41) is 11.1. The van der Waals surface area contributed by atoms with E-state index in [2.05, 4.69) is 4.98 Å². The lowest BCUT2D eigenvalue weighted by Gasteiger charge is -2.25. The van der Waals surface area contributed by atoms with Crippen molar-refractivity contribution >= 4 is 17.4 Å². The lowest BCUT2D eigenvalue weighted by molar-refractivity contribution is -0.140. The highest BCUT2D eigenvalue weighted by Gasteiger charge is 2.45. The Labute approximate surface area is 175 Å². The van der Waals surface area contributed by atoms with Crippen LogP contribution < -0.4 is 4.74 Å². The molecule has 1 aliphatic heterocycles. The number of nitrogens with zero attached hydrogens (tertiary/aromatic N) is 2. The normalized spacial score (nSPS) is 18.1. The zero-order chi connectivity index (χ0) is 21.7. The fourth-order valence-corrected chi connectivity index (χ4v) is 3.64. The van der Waals surface area contributed by atoms with Crippen LogP contribution in [0.3, 0.4) is 0 Å². The first-order valence-corrected chi connectivity index (χ1v) is 9.90. The second-order valence-corrected chi connectivity index (χ2v) is 7.04. The molecule has 1 saturated heterocycles. The predicted octanol–water partition coefficient (Wildman–Crippen LogP) is 3.25. The Balaban J connectivity index is 2.08. The lowest BCUT2D eigenvalue weighted by Crippen LogP contribution is -2.31. The molecular weight excluding hydrogens is 384 g/mol. The third-order valence-corrected chi connectivity index (χ3v) is 5.04. The van der Waals surface area contributed by atoms with Gasteiger partial charge >= 0.3 is 0 Å². The maximum atomic E-state index is 12.9. The summed E-state index contributed by atoms with van der Waals surface area (Å²) < 4.78 is 10.6. The molecule has 1 amide bonds. The number of methoxy groups -OCH3 is 1. The first kappa shape index (κ1) is 21.5. The fraction of sp³-hybridized carbons (Fsp3) is 0.348. The topological polar surface area (TPSA) is 89.0 Å². The van der Waals surface area contributed by atoms with Gasteiger partial charge in [0.2, 0.25) is 0 Å².